The van der Waals surface area contributed by atoms with Crippen molar-refractivity contribution in [2.45, 2.75) is 45.1 Å². The van der Waals surface area contributed by atoms with Crippen LogP contribution >= 0.6 is 0 Å². The summed E-state index contributed by atoms with van der Waals surface area (Å²) in [7, 11) is 0. The molecule has 0 bridgehead atoms. The monoisotopic (exact) mass is 271 g/mol. The first-order valence-electron chi connectivity index (χ1n) is 7.24. The molecule has 1 aromatic carbocycles. The minimum absolute atomic E-state index is 0.0928. The highest BCUT2D eigenvalue weighted by molar-refractivity contribution is 5.39. The van der Waals surface area contributed by atoms with Gasteiger partial charge < -0.3 is 9.84 Å². The summed E-state index contributed by atoms with van der Waals surface area (Å²) in [5, 5.41) is 20.9. The van der Waals surface area contributed by atoms with E-state index in [1.54, 1.807) is 0 Å². The third-order valence-corrected chi connectivity index (χ3v) is 5.03. The van der Waals surface area contributed by atoms with Crippen LogP contribution in [-0.4, -0.2) is 17.3 Å². The van der Waals surface area contributed by atoms with E-state index in [1.807, 2.05) is 24.3 Å². The molecule has 0 amide bonds. The first-order valence-corrected chi connectivity index (χ1v) is 7.24. The second kappa shape index (κ2) is 4.23. The molecule has 3 rings (SSSR count). The lowest BCUT2D eigenvalue weighted by Crippen LogP contribution is -2.52. The average Bonchev–Trinajstić information content (AvgIpc) is 2.73. The molecular weight excluding hydrogens is 250 g/mol. The molecule has 1 aliphatic heterocycles. The van der Waals surface area contributed by atoms with Gasteiger partial charge in [-0.25, -0.2) is 0 Å². The van der Waals surface area contributed by atoms with E-state index in [9.17, 15) is 10.4 Å². The van der Waals surface area contributed by atoms with Crippen molar-refractivity contribution in [1.82, 2.24) is 0 Å². The highest BCUT2D eigenvalue weighted by atomic mass is 16.5. The first-order chi connectivity index (χ1) is 9.40. The van der Waals surface area contributed by atoms with E-state index >= 15 is 0 Å². The summed E-state index contributed by atoms with van der Waals surface area (Å²) in [6.45, 7) is 4.61. The maximum absolute atomic E-state index is 11.1. The predicted octanol–water partition coefficient (Wildman–Crippen LogP) is 3.07. The van der Waals surface area contributed by atoms with Gasteiger partial charge in [-0.3, -0.25) is 0 Å². The van der Waals surface area contributed by atoms with Gasteiger partial charge in [0.2, 0.25) is 0 Å². The third-order valence-electron chi connectivity index (χ3n) is 5.03. The SMILES string of the molecule is CC1(C)CCC(O)(C2(C#N)COc3ccccc3C2)C1. The van der Waals surface area contributed by atoms with Crippen molar-refractivity contribution in [2.75, 3.05) is 6.61 Å². The van der Waals surface area contributed by atoms with Crippen LogP contribution < -0.4 is 4.74 Å². The Bertz CT molecular complexity index is 575. The molecule has 1 aliphatic carbocycles. The molecule has 0 saturated heterocycles. The van der Waals surface area contributed by atoms with Gasteiger partial charge in [0, 0.05) is 6.42 Å². The highest BCUT2D eigenvalue weighted by Crippen LogP contribution is 2.54. The lowest BCUT2D eigenvalue weighted by Gasteiger charge is -2.43. The molecule has 0 aromatic heterocycles. The minimum atomic E-state index is -0.946. The zero-order valence-corrected chi connectivity index (χ0v) is 12.1. The molecule has 0 radical (unpaired) electrons. The largest absolute Gasteiger partial charge is 0.492 e. The molecule has 1 fully saturated rings. The maximum atomic E-state index is 11.1. The van der Waals surface area contributed by atoms with Crippen LogP contribution in [0.5, 0.6) is 5.75 Å². The zero-order valence-electron chi connectivity index (χ0n) is 12.1. The van der Waals surface area contributed by atoms with Crippen molar-refractivity contribution < 1.29 is 9.84 Å². The Morgan fingerprint density at radius 2 is 2.00 bits per heavy atom. The van der Waals surface area contributed by atoms with Gasteiger partial charge in [0.15, 0.2) is 0 Å². The second-order valence-corrected chi connectivity index (χ2v) is 7.14. The summed E-state index contributed by atoms with van der Waals surface area (Å²) in [4.78, 5) is 0. The van der Waals surface area contributed by atoms with Crippen molar-refractivity contribution in [3.05, 3.63) is 29.8 Å². The van der Waals surface area contributed by atoms with E-state index in [4.69, 9.17) is 4.74 Å². The number of benzene rings is 1. The fourth-order valence-electron chi connectivity index (χ4n) is 3.76. The fourth-order valence-corrected chi connectivity index (χ4v) is 3.76. The Labute approximate surface area is 120 Å². The topological polar surface area (TPSA) is 53.2 Å². The number of rotatable bonds is 1. The van der Waals surface area contributed by atoms with Gasteiger partial charge in [-0.1, -0.05) is 32.0 Å². The molecule has 106 valence electrons. The van der Waals surface area contributed by atoms with Crippen LogP contribution in [0.2, 0.25) is 0 Å². The number of nitrogens with zero attached hydrogens (tertiary/aromatic N) is 1. The molecule has 2 aliphatic rings. The van der Waals surface area contributed by atoms with Gasteiger partial charge >= 0.3 is 0 Å². The molecule has 2 unspecified atom stereocenters. The quantitative estimate of drug-likeness (QED) is 0.854. The maximum Gasteiger partial charge on any atom is 0.124 e. The van der Waals surface area contributed by atoms with E-state index in [-0.39, 0.29) is 12.0 Å². The number of ether oxygens (including phenoxy) is 1. The standard InChI is InChI=1S/C17H21NO2/c1-15(2)7-8-17(19,10-15)16(11-18)9-13-5-3-4-6-14(13)20-12-16/h3-6,19H,7-10,12H2,1-2H3. The van der Waals surface area contributed by atoms with Gasteiger partial charge in [0.1, 0.15) is 17.8 Å². The van der Waals surface area contributed by atoms with Crippen molar-refractivity contribution in [2.24, 2.45) is 10.8 Å². The van der Waals surface area contributed by atoms with Gasteiger partial charge in [-0.2, -0.15) is 5.26 Å². The normalized spacial score (nSPS) is 34.9. The van der Waals surface area contributed by atoms with Crippen LogP contribution in [0.4, 0.5) is 0 Å². The van der Waals surface area contributed by atoms with E-state index in [2.05, 4.69) is 19.9 Å². The third kappa shape index (κ3) is 1.91. The first kappa shape index (κ1) is 13.5. The van der Waals surface area contributed by atoms with Gasteiger partial charge in [-0.05, 0) is 36.3 Å². The molecule has 1 aromatic rings. The molecule has 3 nitrogen and oxygen atoms in total. The number of aliphatic hydroxyl groups is 1. The smallest absolute Gasteiger partial charge is 0.124 e. The minimum Gasteiger partial charge on any atom is -0.492 e. The molecule has 1 heterocycles. The molecule has 20 heavy (non-hydrogen) atoms. The lowest BCUT2D eigenvalue weighted by molar-refractivity contribution is -0.0809. The molecule has 1 N–H and O–H groups in total. The van der Waals surface area contributed by atoms with Crippen molar-refractivity contribution in [3.8, 4) is 11.8 Å². The Kier molecular flexibility index (Phi) is 2.85. The van der Waals surface area contributed by atoms with Crippen LogP contribution in [0.15, 0.2) is 24.3 Å². The number of para-hydroxylation sites is 1. The van der Waals surface area contributed by atoms with Gasteiger partial charge in [0.25, 0.3) is 0 Å². The highest BCUT2D eigenvalue weighted by Gasteiger charge is 2.58. The van der Waals surface area contributed by atoms with Crippen molar-refractivity contribution in [1.29, 1.82) is 5.26 Å². The zero-order chi connectivity index (χ0) is 14.4. The Morgan fingerprint density at radius 1 is 1.25 bits per heavy atom. The van der Waals surface area contributed by atoms with E-state index in [1.165, 1.54) is 0 Å². The number of nitriles is 1. The van der Waals surface area contributed by atoms with E-state index in [0.29, 0.717) is 19.3 Å². The second-order valence-electron chi connectivity index (χ2n) is 7.14. The van der Waals surface area contributed by atoms with E-state index in [0.717, 1.165) is 17.7 Å². The van der Waals surface area contributed by atoms with Crippen LogP contribution in [0.25, 0.3) is 0 Å². The summed E-state index contributed by atoms with van der Waals surface area (Å²) in [5.74, 6) is 0.847. The molecular formula is C17H21NO2. The summed E-state index contributed by atoms with van der Waals surface area (Å²) in [6, 6.07) is 10.2. The number of hydrogen-bond donors (Lipinski definition) is 1. The fraction of sp³-hybridized carbons (Fsp3) is 0.588. The molecule has 2 atom stereocenters. The Hall–Kier alpha value is -1.53. The van der Waals surface area contributed by atoms with Crippen LogP contribution in [0.3, 0.4) is 0 Å². The molecule has 3 heteroatoms. The Morgan fingerprint density at radius 3 is 2.65 bits per heavy atom. The molecule has 1 saturated carbocycles. The predicted molar refractivity (Wildman–Crippen MR) is 76.3 cm³/mol. The number of hydrogen-bond acceptors (Lipinski definition) is 3. The summed E-state index contributed by atoms with van der Waals surface area (Å²) >= 11 is 0. The van der Waals surface area contributed by atoms with Crippen molar-refractivity contribution >= 4 is 0 Å². The van der Waals surface area contributed by atoms with Crippen LogP contribution in [0, 0.1) is 22.2 Å². The van der Waals surface area contributed by atoms with E-state index < -0.39 is 11.0 Å². The van der Waals surface area contributed by atoms with Gasteiger partial charge in [0.05, 0.1) is 11.7 Å². The Balaban J connectivity index is 1.97. The lowest BCUT2D eigenvalue weighted by atomic mass is 9.66. The average molecular weight is 271 g/mol. The summed E-state index contributed by atoms with van der Waals surface area (Å²) in [6.07, 6.45) is 2.87. The summed E-state index contributed by atoms with van der Waals surface area (Å²) in [5.41, 5.74) is -0.651. The van der Waals surface area contributed by atoms with Crippen molar-refractivity contribution in [3.63, 3.8) is 0 Å². The molecule has 0 spiro atoms. The van der Waals surface area contributed by atoms with Crippen LogP contribution in [-0.2, 0) is 6.42 Å². The summed E-state index contributed by atoms with van der Waals surface area (Å²) < 4.78 is 5.79. The number of fused-ring (bicyclic) bond motifs is 1. The van der Waals surface area contributed by atoms with Crippen LogP contribution in [0.1, 0.15) is 38.7 Å². The van der Waals surface area contributed by atoms with Gasteiger partial charge in [-0.15, -0.1) is 0 Å².